The number of hydrogen-bond donors (Lipinski definition) is 1. The Morgan fingerprint density at radius 1 is 1.38 bits per heavy atom. The molecule has 0 aromatic carbocycles. The molecule has 1 aliphatic heterocycles. The monoisotopic (exact) mass is 226 g/mol. The number of ether oxygens (including phenoxy) is 1. The van der Waals surface area contributed by atoms with Crippen LogP contribution in [-0.2, 0) is 9.53 Å². The number of piperazine rings is 1. The summed E-state index contributed by atoms with van der Waals surface area (Å²) in [5.41, 5.74) is -0.635. The van der Waals surface area contributed by atoms with E-state index >= 15 is 0 Å². The highest BCUT2D eigenvalue weighted by Crippen LogP contribution is 2.35. The van der Waals surface area contributed by atoms with Crippen LogP contribution < -0.4 is 5.32 Å². The minimum Gasteiger partial charge on any atom is -0.453 e. The van der Waals surface area contributed by atoms with E-state index in [1.54, 1.807) is 4.90 Å². The summed E-state index contributed by atoms with van der Waals surface area (Å²) >= 11 is 0. The number of carbonyl (C=O) groups excluding carboxylic acids is 2. The normalized spacial score (nSPS) is 24.1. The van der Waals surface area contributed by atoms with E-state index in [-0.39, 0.29) is 12.0 Å². The molecule has 0 aromatic rings. The Labute approximate surface area is 95.1 Å². The van der Waals surface area contributed by atoms with Gasteiger partial charge in [0.2, 0.25) is 5.91 Å². The summed E-state index contributed by atoms with van der Waals surface area (Å²) in [5.74, 6) is -0.0103. The van der Waals surface area contributed by atoms with Gasteiger partial charge in [-0.2, -0.15) is 0 Å². The fraction of sp³-hybridized carbons (Fsp3) is 0.818. The highest BCUT2D eigenvalue weighted by Gasteiger charge is 2.49. The number of carbonyl (C=O) groups is 2. The average molecular weight is 226 g/mol. The van der Waals surface area contributed by atoms with Gasteiger partial charge in [0, 0.05) is 13.1 Å². The van der Waals surface area contributed by atoms with Gasteiger partial charge in [0.05, 0.1) is 7.11 Å². The molecule has 1 spiro atoms. The lowest BCUT2D eigenvalue weighted by molar-refractivity contribution is -0.138. The highest BCUT2D eigenvalue weighted by atomic mass is 16.5. The third-order valence-corrected chi connectivity index (χ3v) is 3.64. The van der Waals surface area contributed by atoms with Crippen molar-refractivity contribution in [3.05, 3.63) is 0 Å². The van der Waals surface area contributed by atoms with Crippen LogP contribution in [0.2, 0.25) is 0 Å². The predicted molar refractivity (Wildman–Crippen MR) is 57.9 cm³/mol. The van der Waals surface area contributed by atoms with Crippen LogP contribution in [0.1, 0.15) is 32.1 Å². The maximum absolute atomic E-state index is 12.0. The maximum Gasteiger partial charge on any atom is 0.410 e. The van der Waals surface area contributed by atoms with Crippen LogP contribution in [0.3, 0.4) is 0 Å². The molecular formula is C11H18N2O3. The molecule has 5 nitrogen and oxygen atoms in total. The van der Waals surface area contributed by atoms with Gasteiger partial charge < -0.3 is 10.1 Å². The zero-order valence-corrected chi connectivity index (χ0v) is 9.62. The van der Waals surface area contributed by atoms with Gasteiger partial charge in [-0.25, -0.2) is 4.79 Å². The van der Waals surface area contributed by atoms with Gasteiger partial charge in [0.25, 0.3) is 0 Å². The van der Waals surface area contributed by atoms with E-state index < -0.39 is 5.54 Å². The Kier molecular flexibility index (Phi) is 3.03. The number of nitrogens with one attached hydrogen (secondary N) is 1. The first-order valence-electron chi connectivity index (χ1n) is 5.84. The number of rotatable bonds is 0. The molecule has 0 bridgehead atoms. The van der Waals surface area contributed by atoms with Crippen LogP contribution in [0.15, 0.2) is 0 Å². The van der Waals surface area contributed by atoms with Crippen LogP contribution >= 0.6 is 0 Å². The molecule has 2 aliphatic rings. The Bertz CT molecular complexity index is 298. The SMILES string of the molecule is COC(=O)N1CCNC(=O)C12CCCCC2. The molecule has 1 N–H and O–H groups in total. The molecule has 2 fully saturated rings. The number of methoxy groups -OCH3 is 1. The second kappa shape index (κ2) is 4.31. The van der Waals surface area contributed by atoms with Crippen molar-refractivity contribution in [1.82, 2.24) is 10.2 Å². The predicted octanol–water partition coefficient (Wildman–Crippen LogP) is 0.887. The molecule has 1 saturated heterocycles. The number of hydrogen-bond acceptors (Lipinski definition) is 3. The van der Waals surface area contributed by atoms with Crippen LogP contribution in [0.5, 0.6) is 0 Å². The largest absolute Gasteiger partial charge is 0.453 e. The lowest BCUT2D eigenvalue weighted by Gasteiger charge is -2.46. The highest BCUT2D eigenvalue weighted by molar-refractivity contribution is 5.91. The first-order chi connectivity index (χ1) is 7.70. The molecule has 1 aliphatic carbocycles. The van der Waals surface area contributed by atoms with Crippen molar-refractivity contribution in [3.8, 4) is 0 Å². The molecule has 90 valence electrons. The average Bonchev–Trinajstić information content (AvgIpc) is 2.33. The molecule has 0 aromatic heterocycles. The molecule has 5 heteroatoms. The van der Waals surface area contributed by atoms with E-state index in [2.05, 4.69) is 5.32 Å². The summed E-state index contributed by atoms with van der Waals surface area (Å²) in [6.45, 7) is 1.08. The van der Waals surface area contributed by atoms with Gasteiger partial charge in [-0.3, -0.25) is 9.69 Å². The standard InChI is InChI=1S/C11H18N2O3/c1-16-10(15)13-8-7-12-9(14)11(13)5-3-2-4-6-11/h2-8H2,1H3,(H,12,14). The zero-order valence-electron chi connectivity index (χ0n) is 9.62. The summed E-state index contributed by atoms with van der Waals surface area (Å²) in [7, 11) is 1.37. The molecule has 2 rings (SSSR count). The molecule has 2 amide bonds. The first-order valence-corrected chi connectivity index (χ1v) is 5.84. The summed E-state index contributed by atoms with van der Waals surface area (Å²) in [6, 6.07) is 0. The summed E-state index contributed by atoms with van der Waals surface area (Å²) in [5, 5.41) is 2.86. The quantitative estimate of drug-likeness (QED) is 0.667. The number of nitrogens with zero attached hydrogens (tertiary/aromatic N) is 1. The van der Waals surface area contributed by atoms with E-state index in [0.717, 1.165) is 32.1 Å². The molecule has 16 heavy (non-hydrogen) atoms. The Hall–Kier alpha value is -1.26. The van der Waals surface area contributed by atoms with Crippen molar-refractivity contribution in [3.63, 3.8) is 0 Å². The fourth-order valence-electron chi connectivity index (χ4n) is 2.79. The lowest BCUT2D eigenvalue weighted by atomic mass is 9.78. The van der Waals surface area contributed by atoms with Crippen molar-refractivity contribution >= 4 is 12.0 Å². The summed E-state index contributed by atoms with van der Waals surface area (Å²) in [6.07, 6.45) is 4.28. The molecule has 0 unspecified atom stereocenters. The van der Waals surface area contributed by atoms with Gasteiger partial charge >= 0.3 is 6.09 Å². The molecular weight excluding hydrogens is 208 g/mol. The lowest BCUT2D eigenvalue weighted by Crippen LogP contribution is -2.66. The second-order valence-corrected chi connectivity index (χ2v) is 4.47. The van der Waals surface area contributed by atoms with Crippen molar-refractivity contribution in [2.75, 3.05) is 20.2 Å². The Morgan fingerprint density at radius 3 is 2.69 bits per heavy atom. The van der Waals surface area contributed by atoms with E-state index in [0.29, 0.717) is 13.1 Å². The first kappa shape index (κ1) is 11.2. The van der Waals surface area contributed by atoms with Crippen molar-refractivity contribution in [2.45, 2.75) is 37.6 Å². The minimum atomic E-state index is -0.635. The smallest absolute Gasteiger partial charge is 0.410 e. The minimum absolute atomic E-state index is 0.0103. The van der Waals surface area contributed by atoms with Gasteiger partial charge in [-0.1, -0.05) is 19.3 Å². The van der Waals surface area contributed by atoms with Gasteiger partial charge in [-0.05, 0) is 12.8 Å². The van der Waals surface area contributed by atoms with Gasteiger partial charge in [-0.15, -0.1) is 0 Å². The van der Waals surface area contributed by atoms with E-state index in [1.807, 2.05) is 0 Å². The molecule has 1 heterocycles. The van der Waals surface area contributed by atoms with E-state index in [1.165, 1.54) is 7.11 Å². The Morgan fingerprint density at radius 2 is 2.06 bits per heavy atom. The van der Waals surface area contributed by atoms with Crippen LogP contribution in [0.4, 0.5) is 4.79 Å². The van der Waals surface area contributed by atoms with Crippen molar-refractivity contribution in [1.29, 1.82) is 0 Å². The number of amides is 2. The van der Waals surface area contributed by atoms with Crippen LogP contribution in [0, 0.1) is 0 Å². The van der Waals surface area contributed by atoms with Crippen molar-refractivity contribution in [2.24, 2.45) is 0 Å². The van der Waals surface area contributed by atoms with Crippen LogP contribution in [-0.4, -0.2) is 42.6 Å². The molecule has 1 saturated carbocycles. The third-order valence-electron chi connectivity index (χ3n) is 3.64. The van der Waals surface area contributed by atoms with Crippen molar-refractivity contribution < 1.29 is 14.3 Å². The van der Waals surface area contributed by atoms with E-state index in [9.17, 15) is 9.59 Å². The Balaban J connectivity index is 2.26. The topological polar surface area (TPSA) is 58.6 Å². The summed E-state index contributed by atoms with van der Waals surface area (Å²) in [4.78, 5) is 25.4. The zero-order chi connectivity index (χ0) is 11.6. The maximum atomic E-state index is 12.0. The molecule has 0 radical (unpaired) electrons. The van der Waals surface area contributed by atoms with E-state index in [4.69, 9.17) is 4.74 Å². The third kappa shape index (κ3) is 1.64. The van der Waals surface area contributed by atoms with Gasteiger partial charge in [0.1, 0.15) is 5.54 Å². The van der Waals surface area contributed by atoms with Crippen LogP contribution in [0.25, 0.3) is 0 Å². The van der Waals surface area contributed by atoms with Gasteiger partial charge in [0.15, 0.2) is 0 Å². The second-order valence-electron chi connectivity index (χ2n) is 4.47. The fourth-order valence-corrected chi connectivity index (χ4v) is 2.79. The summed E-state index contributed by atoms with van der Waals surface area (Å²) < 4.78 is 4.77. The molecule has 0 atom stereocenters.